The summed E-state index contributed by atoms with van der Waals surface area (Å²) in [6.07, 6.45) is 3.46. The van der Waals surface area contributed by atoms with Crippen LogP contribution in [0.25, 0.3) is 11.1 Å². The Labute approximate surface area is 146 Å². The molecular weight excluding hydrogens is 328 g/mol. The Hall–Kier alpha value is -2.31. The van der Waals surface area contributed by atoms with Gasteiger partial charge in [0, 0.05) is 25.8 Å². The average molecular weight is 347 g/mol. The van der Waals surface area contributed by atoms with Crippen molar-refractivity contribution in [1.29, 1.82) is 0 Å². The minimum atomic E-state index is 0. The molecule has 4 rings (SSSR count). The van der Waals surface area contributed by atoms with Crippen molar-refractivity contribution in [2.45, 2.75) is 6.04 Å². The van der Waals surface area contributed by atoms with Crippen LogP contribution in [0.5, 0.6) is 5.75 Å². The van der Waals surface area contributed by atoms with E-state index in [4.69, 9.17) is 9.15 Å². The van der Waals surface area contributed by atoms with Gasteiger partial charge in [0.1, 0.15) is 17.9 Å². The van der Waals surface area contributed by atoms with E-state index in [9.17, 15) is 0 Å². The molecule has 0 spiro atoms. The molecule has 1 aliphatic rings. The van der Waals surface area contributed by atoms with Crippen LogP contribution in [0, 0.1) is 0 Å². The van der Waals surface area contributed by atoms with E-state index in [-0.39, 0.29) is 18.4 Å². The number of fused-ring (bicyclic) bond motifs is 1. The predicted octanol–water partition coefficient (Wildman–Crippen LogP) is 2.50. The number of nitrogens with one attached hydrogen (secondary N) is 1. The molecule has 1 fully saturated rings. The molecule has 1 N–H and O–H groups in total. The van der Waals surface area contributed by atoms with Crippen LogP contribution in [0.3, 0.4) is 0 Å². The minimum Gasteiger partial charge on any atom is -0.490 e. The molecule has 3 heterocycles. The van der Waals surface area contributed by atoms with Gasteiger partial charge in [0.2, 0.25) is 0 Å². The number of halogens is 1. The third-order valence-electron chi connectivity index (χ3n) is 3.96. The summed E-state index contributed by atoms with van der Waals surface area (Å²) >= 11 is 0. The van der Waals surface area contributed by atoms with Crippen molar-refractivity contribution in [3.05, 3.63) is 48.8 Å². The number of benzene rings is 1. The first-order valence-electron chi connectivity index (χ1n) is 7.76. The quantitative estimate of drug-likeness (QED) is 0.783. The SMILES string of the molecule is Cl.c1cncc(OC[C@@H]2CNCCN2c2nc3ccccc3o2)c1. The summed E-state index contributed by atoms with van der Waals surface area (Å²) in [6.45, 7) is 3.13. The molecule has 126 valence electrons. The first kappa shape index (κ1) is 16.5. The fourth-order valence-electron chi connectivity index (χ4n) is 2.77. The first-order chi connectivity index (χ1) is 11.4. The molecule has 0 radical (unpaired) electrons. The molecule has 0 amide bonds. The number of piperazine rings is 1. The topological polar surface area (TPSA) is 63.4 Å². The van der Waals surface area contributed by atoms with Gasteiger partial charge in [-0.3, -0.25) is 4.98 Å². The maximum Gasteiger partial charge on any atom is 0.298 e. The van der Waals surface area contributed by atoms with E-state index in [1.807, 2.05) is 36.4 Å². The highest BCUT2D eigenvalue weighted by atomic mass is 35.5. The normalized spacial score (nSPS) is 17.5. The van der Waals surface area contributed by atoms with E-state index in [1.165, 1.54) is 0 Å². The molecule has 1 saturated heterocycles. The Kier molecular flexibility index (Phi) is 5.17. The zero-order valence-corrected chi connectivity index (χ0v) is 13.9. The van der Waals surface area contributed by atoms with Gasteiger partial charge >= 0.3 is 0 Å². The third kappa shape index (κ3) is 3.44. The van der Waals surface area contributed by atoms with Crippen molar-refractivity contribution in [1.82, 2.24) is 15.3 Å². The lowest BCUT2D eigenvalue weighted by Gasteiger charge is -2.34. The molecule has 0 saturated carbocycles. The van der Waals surface area contributed by atoms with Crippen LogP contribution >= 0.6 is 12.4 Å². The van der Waals surface area contributed by atoms with Crippen molar-refractivity contribution in [2.24, 2.45) is 0 Å². The number of hydrogen-bond acceptors (Lipinski definition) is 6. The number of anilines is 1. The highest BCUT2D eigenvalue weighted by Gasteiger charge is 2.26. The van der Waals surface area contributed by atoms with Gasteiger partial charge in [0.25, 0.3) is 6.01 Å². The van der Waals surface area contributed by atoms with Crippen LogP contribution in [0.4, 0.5) is 6.01 Å². The zero-order valence-electron chi connectivity index (χ0n) is 13.1. The van der Waals surface area contributed by atoms with Crippen LogP contribution in [0.2, 0.25) is 0 Å². The summed E-state index contributed by atoms with van der Waals surface area (Å²) in [5.74, 6) is 0.774. The lowest BCUT2D eigenvalue weighted by molar-refractivity contribution is 0.261. The van der Waals surface area contributed by atoms with Gasteiger partial charge in [-0.25, -0.2) is 0 Å². The van der Waals surface area contributed by atoms with Crippen LogP contribution in [-0.2, 0) is 0 Å². The van der Waals surface area contributed by atoms with Crippen molar-refractivity contribution in [3.8, 4) is 5.75 Å². The Morgan fingerprint density at radius 2 is 2.17 bits per heavy atom. The lowest BCUT2D eigenvalue weighted by Crippen LogP contribution is -2.54. The molecular formula is C17H19ClN4O2. The largest absolute Gasteiger partial charge is 0.490 e. The van der Waals surface area contributed by atoms with Gasteiger partial charge in [-0.2, -0.15) is 4.98 Å². The highest BCUT2D eigenvalue weighted by molar-refractivity contribution is 5.85. The smallest absolute Gasteiger partial charge is 0.298 e. The molecule has 0 unspecified atom stereocenters. The number of aromatic nitrogens is 2. The van der Waals surface area contributed by atoms with Gasteiger partial charge in [-0.05, 0) is 24.3 Å². The second kappa shape index (κ2) is 7.51. The van der Waals surface area contributed by atoms with Crippen LogP contribution in [-0.4, -0.2) is 42.3 Å². The van der Waals surface area contributed by atoms with Crippen molar-refractivity contribution in [2.75, 3.05) is 31.1 Å². The van der Waals surface area contributed by atoms with E-state index in [0.29, 0.717) is 12.6 Å². The number of hydrogen-bond donors (Lipinski definition) is 1. The van der Waals surface area contributed by atoms with E-state index in [0.717, 1.165) is 36.5 Å². The summed E-state index contributed by atoms with van der Waals surface area (Å²) in [6, 6.07) is 12.4. The van der Waals surface area contributed by atoms with Gasteiger partial charge in [0.15, 0.2) is 5.58 Å². The van der Waals surface area contributed by atoms with E-state index in [1.54, 1.807) is 12.4 Å². The number of ether oxygens (including phenoxy) is 1. The Balaban J connectivity index is 0.00000169. The fraction of sp³-hybridized carbons (Fsp3) is 0.294. The molecule has 6 nitrogen and oxygen atoms in total. The Bertz CT molecular complexity index is 747. The molecule has 1 atom stereocenters. The van der Waals surface area contributed by atoms with E-state index in [2.05, 4.69) is 20.2 Å². The maximum absolute atomic E-state index is 5.91. The zero-order chi connectivity index (χ0) is 15.5. The summed E-state index contributed by atoms with van der Waals surface area (Å²) in [7, 11) is 0. The maximum atomic E-state index is 5.91. The standard InChI is InChI=1S/C17H18N4O2.ClH/c1-2-6-16-15(5-1)20-17(23-16)21-9-8-19-10-13(21)12-22-14-4-3-7-18-11-14;/h1-7,11,13,19H,8-10,12H2;1H/t13-;/m0./s1. The average Bonchev–Trinajstić information content (AvgIpc) is 3.05. The van der Waals surface area contributed by atoms with Crippen LogP contribution in [0.15, 0.2) is 53.2 Å². The molecule has 3 aromatic rings. The molecule has 0 aliphatic carbocycles. The van der Waals surface area contributed by atoms with Crippen LogP contribution in [0.1, 0.15) is 0 Å². The Morgan fingerprint density at radius 3 is 3.00 bits per heavy atom. The number of pyridine rings is 1. The van der Waals surface area contributed by atoms with Gasteiger partial charge in [-0.1, -0.05) is 12.1 Å². The minimum absolute atomic E-state index is 0. The van der Waals surface area contributed by atoms with Crippen molar-refractivity contribution in [3.63, 3.8) is 0 Å². The number of oxazole rings is 1. The third-order valence-corrected chi connectivity index (χ3v) is 3.96. The number of nitrogens with zero attached hydrogens (tertiary/aromatic N) is 3. The van der Waals surface area contributed by atoms with E-state index >= 15 is 0 Å². The fourth-order valence-corrected chi connectivity index (χ4v) is 2.77. The monoisotopic (exact) mass is 346 g/mol. The highest BCUT2D eigenvalue weighted by Crippen LogP contribution is 2.24. The number of para-hydroxylation sites is 2. The van der Waals surface area contributed by atoms with Crippen molar-refractivity contribution < 1.29 is 9.15 Å². The Morgan fingerprint density at radius 1 is 1.25 bits per heavy atom. The van der Waals surface area contributed by atoms with Crippen LogP contribution < -0.4 is 15.0 Å². The number of rotatable bonds is 4. The second-order valence-electron chi connectivity index (χ2n) is 5.52. The summed E-state index contributed by atoms with van der Waals surface area (Å²) in [5.41, 5.74) is 1.70. The first-order valence-corrected chi connectivity index (χ1v) is 7.76. The molecule has 24 heavy (non-hydrogen) atoms. The molecule has 1 aromatic carbocycles. The van der Waals surface area contributed by atoms with Crippen molar-refractivity contribution >= 4 is 29.5 Å². The summed E-state index contributed by atoms with van der Waals surface area (Å²) in [5, 5.41) is 3.40. The molecule has 7 heteroatoms. The summed E-state index contributed by atoms with van der Waals surface area (Å²) < 4.78 is 11.8. The molecule has 0 bridgehead atoms. The van der Waals surface area contributed by atoms with Gasteiger partial charge in [-0.15, -0.1) is 12.4 Å². The summed E-state index contributed by atoms with van der Waals surface area (Å²) in [4.78, 5) is 10.8. The molecule has 2 aromatic heterocycles. The van der Waals surface area contributed by atoms with E-state index < -0.39 is 0 Å². The van der Waals surface area contributed by atoms with Gasteiger partial charge in [0.05, 0.1) is 12.2 Å². The predicted molar refractivity (Wildman–Crippen MR) is 95.0 cm³/mol. The molecule has 1 aliphatic heterocycles. The lowest BCUT2D eigenvalue weighted by atomic mass is 10.2. The second-order valence-corrected chi connectivity index (χ2v) is 5.52. The van der Waals surface area contributed by atoms with Gasteiger partial charge < -0.3 is 19.4 Å².